The van der Waals surface area contributed by atoms with Crippen molar-refractivity contribution >= 4 is 5.97 Å². The number of pyridine rings is 1. The molecule has 3 rings (SSSR count). The summed E-state index contributed by atoms with van der Waals surface area (Å²) in [5.41, 5.74) is 1.48. The second-order valence-corrected chi connectivity index (χ2v) is 5.05. The molecular formula is C17H16N4O3. The maximum Gasteiger partial charge on any atom is 0.339 e. The first kappa shape index (κ1) is 15.7. The van der Waals surface area contributed by atoms with E-state index in [2.05, 4.69) is 15.1 Å². The minimum Gasteiger partial charge on any atom is -0.490 e. The van der Waals surface area contributed by atoms with E-state index in [1.165, 1.54) is 23.5 Å². The molecule has 3 aromatic rings. The van der Waals surface area contributed by atoms with Crippen molar-refractivity contribution in [1.29, 1.82) is 0 Å². The predicted octanol–water partition coefficient (Wildman–Crippen LogP) is 2.21. The first-order valence-corrected chi connectivity index (χ1v) is 7.40. The molecule has 24 heavy (non-hydrogen) atoms. The largest absolute Gasteiger partial charge is 0.490 e. The molecular weight excluding hydrogens is 308 g/mol. The Morgan fingerprint density at radius 1 is 1.21 bits per heavy atom. The number of ether oxygens (including phenoxy) is 2. The zero-order chi connectivity index (χ0) is 16.8. The van der Waals surface area contributed by atoms with Crippen LogP contribution in [0.2, 0.25) is 0 Å². The van der Waals surface area contributed by atoms with Gasteiger partial charge in [-0.1, -0.05) is 12.1 Å². The van der Waals surface area contributed by atoms with Crippen molar-refractivity contribution < 1.29 is 14.3 Å². The fourth-order valence-electron chi connectivity index (χ4n) is 2.05. The normalized spacial score (nSPS) is 10.4. The van der Waals surface area contributed by atoms with Gasteiger partial charge in [-0.25, -0.2) is 19.4 Å². The number of carbonyl (C=O) groups is 1. The van der Waals surface area contributed by atoms with Crippen molar-refractivity contribution in [2.45, 2.75) is 6.92 Å². The van der Waals surface area contributed by atoms with Crippen LogP contribution in [-0.4, -0.2) is 38.9 Å². The van der Waals surface area contributed by atoms with Gasteiger partial charge in [0.05, 0.1) is 5.56 Å². The summed E-state index contributed by atoms with van der Waals surface area (Å²) < 4.78 is 12.2. The highest BCUT2D eigenvalue weighted by Crippen LogP contribution is 2.12. The summed E-state index contributed by atoms with van der Waals surface area (Å²) in [6, 6.07) is 11.0. The summed E-state index contributed by atoms with van der Waals surface area (Å²) in [6.45, 7) is 2.44. The lowest BCUT2D eigenvalue weighted by Crippen LogP contribution is -2.13. The third kappa shape index (κ3) is 3.95. The number of carbonyl (C=O) groups excluding carboxylic acids is 1. The Kier molecular flexibility index (Phi) is 4.81. The Hall–Kier alpha value is -3.22. The van der Waals surface area contributed by atoms with E-state index >= 15 is 0 Å². The second kappa shape index (κ2) is 7.36. The fraction of sp³-hybridized carbons (Fsp3) is 0.176. The van der Waals surface area contributed by atoms with E-state index < -0.39 is 5.97 Å². The van der Waals surface area contributed by atoms with E-state index in [9.17, 15) is 4.79 Å². The van der Waals surface area contributed by atoms with E-state index in [-0.39, 0.29) is 6.61 Å². The molecule has 0 fully saturated rings. The molecule has 0 aliphatic carbocycles. The van der Waals surface area contributed by atoms with E-state index in [1.807, 2.05) is 31.2 Å². The van der Waals surface area contributed by atoms with Gasteiger partial charge < -0.3 is 9.47 Å². The second-order valence-electron chi connectivity index (χ2n) is 5.05. The third-order valence-electron chi connectivity index (χ3n) is 3.21. The lowest BCUT2D eigenvalue weighted by Gasteiger charge is -2.08. The van der Waals surface area contributed by atoms with Crippen molar-refractivity contribution in [3.8, 4) is 11.6 Å². The van der Waals surface area contributed by atoms with Gasteiger partial charge in [-0.15, -0.1) is 0 Å². The van der Waals surface area contributed by atoms with Crippen LogP contribution in [0.5, 0.6) is 5.75 Å². The number of aromatic nitrogens is 4. The van der Waals surface area contributed by atoms with E-state index in [0.717, 1.165) is 11.3 Å². The predicted molar refractivity (Wildman–Crippen MR) is 86.1 cm³/mol. The Bertz CT molecular complexity index is 801. The highest BCUT2D eigenvalue weighted by atomic mass is 16.6. The summed E-state index contributed by atoms with van der Waals surface area (Å²) in [7, 11) is 0. The molecule has 122 valence electrons. The summed E-state index contributed by atoms with van der Waals surface area (Å²) in [6.07, 6.45) is 4.39. The SMILES string of the molecule is Cc1cccc(OCCOC(=O)c2ccc(-n3cncn3)nc2)c1. The first-order chi connectivity index (χ1) is 11.7. The van der Waals surface area contributed by atoms with Gasteiger partial charge in [0.1, 0.15) is 31.6 Å². The molecule has 0 bridgehead atoms. The maximum atomic E-state index is 12.0. The van der Waals surface area contributed by atoms with Crippen molar-refractivity contribution in [1.82, 2.24) is 19.7 Å². The number of nitrogens with zero attached hydrogens (tertiary/aromatic N) is 4. The number of aryl methyl sites for hydroxylation is 1. The van der Waals surface area contributed by atoms with Crippen LogP contribution < -0.4 is 4.74 Å². The molecule has 0 saturated carbocycles. The van der Waals surface area contributed by atoms with Gasteiger partial charge in [0.2, 0.25) is 0 Å². The number of esters is 1. The van der Waals surface area contributed by atoms with Crippen molar-refractivity contribution in [2.75, 3.05) is 13.2 Å². The summed E-state index contributed by atoms with van der Waals surface area (Å²) in [4.78, 5) is 20.0. The monoisotopic (exact) mass is 324 g/mol. The Balaban J connectivity index is 1.48. The minimum absolute atomic E-state index is 0.164. The molecule has 7 nitrogen and oxygen atoms in total. The molecule has 1 aromatic carbocycles. The number of hydrogen-bond donors (Lipinski definition) is 0. The lowest BCUT2D eigenvalue weighted by molar-refractivity contribution is 0.0450. The molecule has 0 radical (unpaired) electrons. The quantitative estimate of drug-likeness (QED) is 0.511. The summed E-state index contributed by atoms with van der Waals surface area (Å²) >= 11 is 0. The van der Waals surface area contributed by atoms with Gasteiger partial charge in [0, 0.05) is 6.20 Å². The Labute approximate surface area is 138 Å². The molecule has 0 unspecified atom stereocenters. The average molecular weight is 324 g/mol. The first-order valence-electron chi connectivity index (χ1n) is 7.40. The van der Waals surface area contributed by atoms with Gasteiger partial charge in [-0.3, -0.25) is 0 Å². The molecule has 0 saturated heterocycles. The molecule has 0 N–H and O–H groups in total. The van der Waals surface area contributed by atoms with Crippen LogP contribution in [0.15, 0.2) is 55.2 Å². The van der Waals surface area contributed by atoms with Crippen LogP contribution >= 0.6 is 0 Å². The highest BCUT2D eigenvalue weighted by molar-refractivity contribution is 5.89. The standard InChI is InChI=1S/C17H16N4O3/c1-13-3-2-4-15(9-13)23-7-8-24-17(22)14-5-6-16(19-10-14)21-12-18-11-20-21/h2-6,9-12H,7-8H2,1H3. The zero-order valence-corrected chi connectivity index (χ0v) is 13.1. The maximum absolute atomic E-state index is 12.0. The Morgan fingerprint density at radius 2 is 2.12 bits per heavy atom. The van der Waals surface area contributed by atoms with E-state index in [1.54, 1.807) is 12.1 Å². The van der Waals surface area contributed by atoms with Crippen LogP contribution in [0.3, 0.4) is 0 Å². The molecule has 2 aromatic heterocycles. The number of benzene rings is 1. The summed E-state index contributed by atoms with van der Waals surface area (Å²) in [5.74, 6) is 0.886. The highest BCUT2D eigenvalue weighted by Gasteiger charge is 2.08. The third-order valence-corrected chi connectivity index (χ3v) is 3.21. The summed E-state index contributed by atoms with van der Waals surface area (Å²) in [5, 5.41) is 3.97. The molecule has 2 heterocycles. The molecule has 0 aliphatic rings. The van der Waals surface area contributed by atoms with Gasteiger partial charge in [-0.05, 0) is 36.8 Å². The molecule has 7 heteroatoms. The van der Waals surface area contributed by atoms with Gasteiger partial charge in [0.25, 0.3) is 0 Å². The van der Waals surface area contributed by atoms with Crippen LogP contribution in [-0.2, 0) is 4.74 Å². The zero-order valence-electron chi connectivity index (χ0n) is 13.1. The van der Waals surface area contributed by atoms with Crippen molar-refractivity contribution in [3.63, 3.8) is 0 Å². The van der Waals surface area contributed by atoms with Crippen molar-refractivity contribution in [3.05, 3.63) is 66.4 Å². The van der Waals surface area contributed by atoms with E-state index in [4.69, 9.17) is 9.47 Å². The lowest BCUT2D eigenvalue weighted by atomic mass is 10.2. The molecule has 0 aliphatic heterocycles. The van der Waals surface area contributed by atoms with Crippen LogP contribution in [0.1, 0.15) is 15.9 Å². The molecule has 0 spiro atoms. The van der Waals surface area contributed by atoms with Crippen LogP contribution in [0.4, 0.5) is 0 Å². The minimum atomic E-state index is -0.444. The fourth-order valence-corrected chi connectivity index (χ4v) is 2.05. The van der Waals surface area contributed by atoms with Crippen LogP contribution in [0.25, 0.3) is 5.82 Å². The Morgan fingerprint density at radius 3 is 2.83 bits per heavy atom. The molecule has 0 amide bonds. The molecule has 0 atom stereocenters. The average Bonchev–Trinajstić information content (AvgIpc) is 3.13. The van der Waals surface area contributed by atoms with Gasteiger partial charge >= 0.3 is 5.97 Å². The van der Waals surface area contributed by atoms with Gasteiger partial charge in [-0.2, -0.15) is 5.10 Å². The van der Waals surface area contributed by atoms with Crippen molar-refractivity contribution in [2.24, 2.45) is 0 Å². The van der Waals surface area contributed by atoms with Gasteiger partial charge in [0.15, 0.2) is 5.82 Å². The number of rotatable bonds is 6. The van der Waals surface area contributed by atoms with Crippen LogP contribution in [0, 0.1) is 6.92 Å². The number of hydrogen-bond acceptors (Lipinski definition) is 6. The topological polar surface area (TPSA) is 79.1 Å². The van der Waals surface area contributed by atoms with E-state index in [0.29, 0.717) is 18.0 Å². The smallest absolute Gasteiger partial charge is 0.339 e.